The Kier molecular flexibility index (Phi) is 4.29. The molecule has 6 nitrogen and oxygen atoms in total. The molecule has 4 N–H and O–H groups in total. The van der Waals surface area contributed by atoms with Crippen molar-refractivity contribution in [2.75, 3.05) is 6.54 Å². The zero-order chi connectivity index (χ0) is 13.1. The summed E-state index contributed by atoms with van der Waals surface area (Å²) in [5.74, 6) is 0.655. The Morgan fingerprint density at radius 2 is 2.18 bits per heavy atom. The molecule has 0 aliphatic carbocycles. The van der Waals surface area contributed by atoms with Gasteiger partial charge < -0.3 is 10.7 Å². The molecule has 0 aliphatic heterocycles. The molecule has 1 rings (SSSR count). The molecule has 0 spiro atoms. The number of nitrogens with one attached hydrogen (secondary N) is 2. The molecule has 0 amide bonds. The molecule has 0 unspecified atom stereocenters. The Morgan fingerprint density at radius 1 is 1.53 bits per heavy atom. The van der Waals surface area contributed by atoms with Crippen molar-refractivity contribution in [2.24, 2.45) is 5.73 Å². The minimum atomic E-state index is -3.55. The number of hydrogen-bond acceptors (Lipinski definition) is 4. The molecule has 0 fully saturated rings. The molecule has 0 aliphatic rings. The normalized spacial score (nSPS) is 12.9. The summed E-state index contributed by atoms with van der Waals surface area (Å²) >= 11 is 0. The predicted molar refractivity (Wildman–Crippen MR) is 66.0 cm³/mol. The highest BCUT2D eigenvalue weighted by molar-refractivity contribution is 7.89. The standard InChI is InChI=1S/C10H20N4O2S/c1-4-8-12-7-9(13-8)17(15,16)14-10(2,3)5-6-11/h7,14H,4-6,11H2,1-3H3,(H,12,13). The van der Waals surface area contributed by atoms with E-state index in [0.29, 0.717) is 25.2 Å². The molecule has 0 saturated carbocycles. The van der Waals surface area contributed by atoms with Gasteiger partial charge in [-0.15, -0.1) is 0 Å². The number of aromatic amines is 1. The van der Waals surface area contributed by atoms with Crippen LogP contribution in [0, 0.1) is 0 Å². The Bertz CT molecular complexity index is 464. The van der Waals surface area contributed by atoms with Crippen molar-refractivity contribution >= 4 is 10.0 Å². The van der Waals surface area contributed by atoms with Crippen LogP contribution >= 0.6 is 0 Å². The van der Waals surface area contributed by atoms with Gasteiger partial charge in [0.2, 0.25) is 0 Å². The average molecular weight is 260 g/mol. The second kappa shape index (κ2) is 5.16. The SMILES string of the molecule is CCc1ncc(S(=O)(=O)NC(C)(C)CCN)[nH]1. The number of imidazole rings is 1. The van der Waals surface area contributed by atoms with E-state index in [2.05, 4.69) is 14.7 Å². The maximum absolute atomic E-state index is 12.0. The van der Waals surface area contributed by atoms with Gasteiger partial charge in [-0.3, -0.25) is 0 Å². The van der Waals surface area contributed by atoms with Gasteiger partial charge >= 0.3 is 0 Å². The molecule has 1 aromatic rings. The fraction of sp³-hybridized carbons (Fsp3) is 0.700. The van der Waals surface area contributed by atoms with Gasteiger partial charge in [0.05, 0.1) is 6.20 Å². The van der Waals surface area contributed by atoms with E-state index in [9.17, 15) is 8.42 Å². The lowest BCUT2D eigenvalue weighted by Crippen LogP contribution is -2.44. The number of aromatic nitrogens is 2. The summed E-state index contributed by atoms with van der Waals surface area (Å²) in [7, 11) is -3.55. The largest absolute Gasteiger partial charge is 0.332 e. The van der Waals surface area contributed by atoms with Crippen LogP contribution in [0.2, 0.25) is 0 Å². The van der Waals surface area contributed by atoms with E-state index in [-0.39, 0.29) is 5.03 Å². The number of aryl methyl sites for hydroxylation is 1. The van der Waals surface area contributed by atoms with Gasteiger partial charge in [0.1, 0.15) is 5.82 Å². The fourth-order valence-corrected chi connectivity index (χ4v) is 2.87. The van der Waals surface area contributed by atoms with E-state index in [1.54, 1.807) is 13.8 Å². The molecule has 0 atom stereocenters. The van der Waals surface area contributed by atoms with Crippen molar-refractivity contribution in [3.05, 3.63) is 12.0 Å². The monoisotopic (exact) mass is 260 g/mol. The first-order valence-electron chi connectivity index (χ1n) is 5.58. The van der Waals surface area contributed by atoms with Crippen LogP contribution in [0.5, 0.6) is 0 Å². The summed E-state index contributed by atoms with van der Waals surface area (Å²) in [5.41, 5.74) is 4.88. The topological polar surface area (TPSA) is 101 Å². The van der Waals surface area contributed by atoms with Crippen molar-refractivity contribution in [3.8, 4) is 0 Å². The first-order chi connectivity index (χ1) is 7.80. The van der Waals surface area contributed by atoms with Crippen LogP contribution in [0.15, 0.2) is 11.2 Å². The van der Waals surface area contributed by atoms with Crippen LogP contribution < -0.4 is 10.5 Å². The Hall–Kier alpha value is -0.920. The summed E-state index contributed by atoms with van der Waals surface area (Å²) < 4.78 is 26.7. The Labute approximate surface area is 102 Å². The summed E-state index contributed by atoms with van der Waals surface area (Å²) in [6.45, 7) is 5.93. The van der Waals surface area contributed by atoms with E-state index < -0.39 is 15.6 Å². The maximum Gasteiger partial charge on any atom is 0.258 e. The minimum Gasteiger partial charge on any atom is -0.332 e. The quantitative estimate of drug-likeness (QED) is 0.688. The van der Waals surface area contributed by atoms with Crippen molar-refractivity contribution in [1.29, 1.82) is 0 Å². The van der Waals surface area contributed by atoms with Crippen molar-refractivity contribution < 1.29 is 8.42 Å². The van der Waals surface area contributed by atoms with Gasteiger partial charge in [-0.1, -0.05) is 6.92 Å². The molecule has 7 heteroatoms. The number of sulfonamides is 1. The highest BCUT2D eigenvalue weighted by Crippen LogP contribution is 2.13. The third-order valence-corrected chi connectivity index (χ3v) is 4.02. The first kappa shape index (κ1) is 14.1. The van der Waals surface area contributed by atoms with Gasteiger partial charge in [-0.2, -0.15) is 0 Å². The summed E-state index contributed by atoms with van der Waals surface area (Å²) in [5, 5.41) is 0.0967. The van der Waals surface area contributed by atoms with Crippen LogP contribution in [0.3, 0.4) is 0 Å². The second-order valence-electron chi connectivity index (χ2n) is 4.58. The number of nitrogens with two attached hydrogens (primary N) is 1. The predicted octanol–water partition coefficient (Wildman–Crippen LogP) is 0.378. The third kappa shape index (κ3) is 3.79. The lowest BCUT2D eigenvalue weighted by atomic mass is 10.0. The highest BCUT2D eigenvalue weighted by atomic mass is 32.2. The lowest BCUT2D eigenvalue weighted by Gasteiger charge is -2.24. The molecule has 17 heavy (non-hydrogen) atoms. The van der Waals surface area contributed by atoms with Crippen LogP contribution in [-0.2, 0) is 16.4 Å². The Morgan fingerprint density at radius 3 is 2.65 bits per heavy atom. The summed E-state index contributed by atoms with van der Waals surface area (Å²) in [4.78, 5) is 6.75. The number of nitrogens with zero attached hydrogens (tertiary/aromatic N) is 1. The van der Waals surface area contributed by atoms with Gasteiger partial charge in [0, 0.05) is 12.0 Å². The lowest BCUT2D eigenvalue weighted by molar-refractivity contribution is 0.427. The van der Waals surface area contributed by atoms with Crippen LogP contribution in [0.1, 0.15) is 33.0 Å². The van der Waals surface area contributed by atoms with Crippen LogP contribution in [-0.4, -0.2) is 30.5 Å². The summed E-state index contributed by atoms with van der Waals surface area (Å²) in [6, 6.07) is 0. The number of H-pyrrole nitrogens is 1. The zero-order valence-corrected chi connectivity index (χ0v) is 11.3. The van der Waals surface area contributed by atoms with Crippen molar-refractivity contribution in [3.63, 3.8) is 0 Å². The average Bonchev–Trinajstić information content (AvgIpc) is 2.64. The van der Waals surface area contributed by atoms with Gasteiger partial charge in [0.25, 0.3) is 10.0 Å². The van der Waals surface area contributed by atoms with Crippen molar-refractivity contribution in [1.82, 2.24) is 14.7 Å². The minimum absolute atomic E-state index is 0.0967. The molecule has 0 radical (unpaired) electrons. The molecule has 0 bridgehead atoms. The summed E-state index contributed by atoms with van der Waals surface area (Å²) in [6.07, 6.45) is 2.57. The van der Waals surface area contributed by atoms with Crippen LogP contribution in [0.25, 0.3) is 0 Å². The molecule has 0 aromatic carbocycles. The maximum atomic E-state index is 12.0. The second-order valence-corrected chi connectivity index (χ2v) is 6.23. The van der Waals surface area contributed by atoms with E-state index in [4.69, 9.17) is 5.73 Å². The molecule has 0 saturated heterocycles. The zero-order valence-electron chi connectivity index (χ0n) is 10.4. The molecular weight excluding hydrogens is 240 g/mol. The number of rotatable bonds is 6. The van der Waals surface area contributed by atoms with E-state index in [0.717, 1.165) is 0 Å². The number of hydrogen-bond donors (Lipinski definition) is 3. The first-order valence-corrected chi connectivity index (χ1v) is 7.07. The third-order valence-electron chi connectivity index (χ3n) is 2.41. The van der Waals surface area contributed by atoms with Gasteiger partial charge in [-0.25, -0.2) is 18.1 Å². The molecular formula is C10H20N4O2S. The van der Waals surface area contributed by atoms with Gasteiger partial charge in [-0.05, 0) is 26.8 Å². The fourth-order valence-electron chi connectivity index (χ4n) is 1.49. The van der Waals surface area contributed by atoms with E-state index >= 15 is 0 Å². The molecule has 1 aromatic heterocycles. The molecule has 98 valence electrons. The highest BCUT2D eigenvalue weighted by Gasteiger charge is 2.26. The van der Waals surface area contributed by atoms with E-state index in [1.165, 1.54) is 6.20 Å². The van der Waals surface area contributed by atoms with Crippen LogP contribution in [0.4, 0.5) is 0 Å². The molecule has 1 heterocycles. The van der Waals surface area contributed by atoms with Gasteiger partial charge in [0.15, 0.2) is 5.03 Å². The Balaban J connectivity index is 2.88. The smallest absolute Gasteiger partial charge is 0.258 e. The van der Waals surface area contributed by atoms with Crippen molar-refractivity contribution in [2.45, 2.75) is 44.2 Å². The van der Waals surface area contributed by atoms with E-state index in [1.807, 2.05) is 6.92 Å².